The Morgan fingerprint density at radius 2 is 1.76 bits per heavy atom. The lowest BCUT2D eigenvalue weighted by Crippen LogP contribution is -2.26. The van der Waals surface area contributed by atoms with Crippen LogP contribution in [-0.4, -0.2) is 9.97 Å². The van der Waals surface area contributed by atoms with Crippen LogP contribution in [0.3, 0.4) is 0 Å². The molecule has 1 aliphatic rings. The normalized spacial score (nSPS) is 23.4. The lowest BCUT2D eigenvalue weighted by molar-refractivity contribution is 0.167. The van der Waals surface area contributed by atoms with Gasteiger partial charge in [0.25, 0.3) is 0 Å². The minimum Gasteiger partial charge on any atom is -0.308 e. The molecule has 4 heteroatoms. The van der Waals surface area contributed by atoms with E-state index < -0.39 is 0 Å². The molecule has 0 atom stereocenters. The Hall–Kier alpha value is -1.16. The first-order valence-corrected chi connectivity index (χ1v) is 8.16. The lowest BCUT2D eigenvalue weighted by Gasteiger charge is -2.36. The van der Waals surface area contributed by atoms with Crippen molar-refractivity contribution in [1.29, 1.82) is 0 Å². The van der Waals surface area contributed by atoms with Gasteiger partial charge in [0.05, 0.1) is 0 Å². The van der Waals surface area contributed by atoms with E-state index in [1.54, 1.807) is 0 Å². The number of nitrogens with zero attached hydrogens (tertiary/aromatic N) is 2. The molecule has 1 aliphatic carbocycles. The summed E-state index contributed by atoms with van der Waals surface area (Å²) in [5.74, 6) is 8.96. The molecular weight excluding hydrogens is 260 g/mol. The highest BCUT2D eigenvalue weighted by molar-refractivity contribution is 5.36. The van der Waals surface area contributed by atoms with Crippen LogP contribution in [0, 0.1) is 11.3 Å². The van der Waals surface area contributed by atoms with E-state index in [2.05, 4.69) is 45.0 Å². The highest BCUT2D eigenvalue weighted by atomic mass is 15.3. The van der Waals surface area contributed by atoms with Crippen LogP contribution in [0.25, 0.3) is 0 Å². The molecule has 1 fully saturated rings. The van der Waals surface area contributed by atoms with Gasteiger partial charge < -0.3 is 5.43 Å². The molecule has 3 N–H and O–H groups in total. The topological polar surface area (TPSA) is 63.8 Å². The molecule has 0 spiro atoms. The van der Waals surface area contributed by atoms with Crippen LogP contribution in [-0.2, 0) is 0 Å². The molecule has 1 heterocycles. The SMILES string of the molecule is CC(C)c1cc(NN)nc(C2CCC(C(C)(C)C)CC2)n1. The van der Waals surface area contributed by atoms with Gasteiger partial charge in [-0.25, -0.2) is 15.8 Å². The third kappa shape index (κ3) is 3.94. The van der Waals surface area contributed by atoms with Crippen LogP contribution < -0.4 is 11.3 Å². The first-order valence-electron chi connectivity index (χ1n) is 8.16. The van der Waals surface area contributed by atoms with Gasteiger partial charge in [-0.1, -0.05) is 34.6 Å². The third-order valence-electron chi connectivity index (χ3n) is 4.82. The van der Waals surface area contributed by atoms with Gasteiger partial charge in [-0.15, -0.1) is 0 Å². The number of hydrogen-bond donors (Lipinski definition) is 2. The summed E-state index contributed by atoms with van der Waals surface area (Å²) in [6.07, 6.45) is 4.92. The van der Waals surface area contributed by atoms with Crippen molar-refractivity contribution < 1.29 is 0 Å². The highest BCUT2D eigenvalue weighted by Gasteiger charge is 2.31. The van der Waals surface area contributed by atoms with E-state index in [-0.39, 0.29) is 0 Å². The second-order valence-electron chi connectivity index (χ2n) is 7.75. The zero-order chi connectivity index (χ0) is 15.6. The molecule has 4 nitrogen and oxygen atoms in total. The number of anilines is 1. The van der Waals surface area contributed by atoms with Crippen molar-refractivity contribution in [3.63, 3.8) is 0 Å². The second-order valence-corrected chi connectivity index (χ2v) is 7.75. The lowest BCUT2D eigenvalue weighted by atomic mass is 9.69. The van der Waals surface area contributed by atoms with Crippen molar-refractivity contribution in [2.24, 2.45) is 17.2 Å². The van der Waals surface area contributed by atoms with Gasteiger partial charge >= 0.3 is 0 Å². The van der Waals surface area contributed by atoms with Gasteiger partial charge in [-0.3, -0.25) is 0 Å². The van der Waals surface area contributed by atoms with Crippen molar-refractivity contribution in [2.45, 2.75) is 72.1 Å². The van der Waals surface area contributed by atoms with E-state index in [1.165, 1.54) is 25.7 Å². The van der Waals surface area contributed by atoms with E-state index in [4.69, 9.17) is 10.8 Å². The summed E-state index contributed by atoms with van der Waals surface area (Å²) in [7, 11) is 0. The van der Waals surface area contributed by atoms with Crippen LogP contribution in [0.5, 0.6) is 0 Å². The van der Waals surface area contributed by atoms with Crippen LogP contribution in [0.2, 0.25) is 0 Å². The van der Waals surface area contributed by atoms with E-state index in [9.17, 15) is 0 Å². The quantitative estimate of drug-likeness (QED) is 0.646. The van der Waals surface area contributed by atoms with Crippen molar-refractivity contribution in [3.05, 3.63) is 17.6 Å². The van der Waals surface area contributed by atoms with Crippen molar-refractivity contribution in [1.82, 2.24) is 9.97 Å². The summed E-state index contributed by atoms with van der Waals surface area (Å²) >= 11 is 0. The summed E-state index contributed by atoms with van der Waals surface area (Å²) < 4.78 is 0. The van der Waals surface area contributed by atoms with Crippen LogP contribution in [0.15, 0.2) is 6.07 Å². The van der Waals surface area contributed by atoms with Crippen LogP contribution in [0.4, 0.5) is 5.82 Å². The van der Waals surface area contributed by atoms with Gasteiger partial charge in [-0.05, 0) is 42.9 Å². The number of hydrazine groups is 1. The van der Waals surface area contributed by atoms with E-state index >= 15 is 0 Å². The summed E-state index contributed by atoms with van der Waals surface area (Å²) in [4.78, 5) is 9.38. The molecule has 1 aromatic heterocycles. The molecule has 0 aliphatic heterocycles. The number of nitrogens with one attached hydrogen (secondary N) is 1. The molecule has 2 rings (SSSR count). The number of nitrogen functional groups attached to an aromatic ring is 1. The fourth-order valence-corrected chi connectivity index (χ4v) is 3.26. The van der Waals surface area contributed by atoms with Crippen LogP contribution in [0.1, 0.15) is 83.7 Å². The molecule has 118 valence electrons. The maximum Gasteiger partial charge on any atom is 0.143 e. The summed E-state index contributed by atoms with van der Waals surface area (Å²) in [6, 6.07) is 1.95. The molecule has 0 amide bonds. The molecular formula is C17H30N4. The Morgan fingerprint density at radius 1 is 1.14 bits per heavy atom. The van der Waals surface area contributed by atoms with Gasteiger partial charge in [0.2, 0.25) is 0 Å². The number of aromatic nitrogens is 2. The Kier molecular flexibility index (Phi) is 4.87. The smallest absolute Gasteiger partial charge is 0.143 e. The zero-order valence-corrected chi connectivity index (χ0v) is 14.1. The minimum absolute atomic E-state index is 0.393. The van der Waals surface area contributed by atoms with Gasteiger partial charge in [0.1, 0.15) is 11.6 Å². The van der Waals surface area contributed by atoms with Gasteiger partial charge in [0.15, 0.2) is 0 Å². The fraction of sp³-hybridized carbons (Fsp3) is 0.765. The van der Waals surface area contributed by atoms with E-state index in [0.717, 1.165) is 23.3 Å². The predicted octanol–water partition coefficient (Wildman–Crippen LogP) is 4.21. The molecule has 1 aromatic rings. The monoisotopic (exact) mass is 290 g/mol. The Labute approximate surface area is 128 Å². The highest BCUT2D eigenvalue weighted by Crippen LogP contribution is 2.42. The molecule has 0 bridgehead atoms. The van der Waals surface area contributed by atoms with Gasteiger partial charge in [-0.2, -0.15) is 0 Å². The largest absolute Gasteiger partial charge is 0.308 e. The van der Waals surface area contributed by atoms with Gasteiger partial charge in [0, 0.05) is 17.7 Å². The number of nitrogens with two attached hydrogens (primary N) is 1. The molecule has 0 aromatic carbocycles. The number of rotatable bonds is 3. The summed E-state index contributed by atoms with van der Waals surface area (Å²) in [6.45, 7) is 11.4. The van der Waals surface area contributed by atoms with Crippen molar-refractivity contribution in [3.8, 4) is 0 Å². The molecule has 0 saturated heterocycles. The van der Waals surface area contributed by atoms with E-state index in [0.29, 0.717) is 17.3 Å². The Morgan fingerprint density at radius 3 is 2.24 bits per heavy atom. The van der Waals surface area contributed by atoms with Crippen LogP contribution >= 0.6 is 0 Å². The Bertz CT molecular complexity index is 468. The average molecular weight is 290 g/mol. The number of hydrogen-bond acceptors (Lipinski definition) is 4. The molecule has 0 radical (unpaired) electrons. The van der Waals surface area contributed by atoms with E-state index in [1.807, 2.05) is 6.07 Å². The summed E-state index contributed by atoms with van der Waals surface area (Å²) in [5, 5.41) is 0. The molecule has 1 saturated carbocycles. The molecule has 21 heavy (non-hydrogen) atoms. The third-order valence-corrected chi connectivity index (χ3v) is 4.82. The maximum absolute atomic E-state index is 5.56. The van der Waals surface area contributed by atoms with Crippen molar-refractivity contribution >= 4 is 5.82 Å². The zero-order valence-electron chi connectivity index (χ0n) is 14.1. The average Bonchev–Trinajstić information content (AvgIpc) is 2.46. The second kappa shape index (κ2) is 6.30. The standard InChI is InChI=1S/C17H30N4/c1-11(2)14-10-15(21-18)20-16(19-14)12-6-8-13(9-7-12)17(3,4)5/h10-13H,6-9,18H2,1-5H3,(H,19,20,21). The maximum atomic E-state index is 5.56. The first-order chi connectivity index (χ1) is 9.81. The van der Waals surface area contributed by atoms with Crippen molar-refractivity contribution in [2.75, 3.05) is 5.43 Å². The Balaban J connectivity index is 2.14. The minimum atomic E-state index is 0.393. The predicted molar refractivity (Wildman–Crippen MR) is 88.1 cm³/mol. The first kappa shape index (κ1) is 16.2. The fourth-order valence-electron chi connectivity index (χ4n) is 3.26. The molecule has 0 unspecified atom stereocenters. The summed E-state index contributed by atoms with van der Waals surface area (Å²) in [5.41, 5.74) is 4.17.